The molecule has 112 valence electrons. The molecule has 0 radical (unpaired) electrons. The van der Waals surface area contributed by atoms with Gasteiger partial charge in [0.25, 0.3) is 0 Å². The molecule has 0 N–H and O–H groups in total. The van der Waals surface area contributed by atoms with Crippen molar-refractivity contribution in [1.29, 1.82) is 0 Å². The van der Waals surface area contributed by atoms with Crippen molar-refractivity contribution in [3.63, 3.8) is 0 Å². The average Bonchev–Trinajstić information content (AvgIpc) is 3.09. The van der Waals surface area contributed by atoms with Gasteiger partial charge in [-0.25, -0.2) is 0 Å². The van der Waals surface area contributed by atoms with Crippen LogP contribution in [0.1, 0.15) is 49.3 Å². The van der Waals surface area contributed by atoms with Gasteiger partial charge in [-0.05, 0) is 59.6 Å². The van der Waals surface area contributed by atoms with Crippen molar-refractivity contribution in [2.24, 2.45) is 17.8 Å². The van der Waals surface area contributed by atoms with Crippen LogP contribution in [0.5, 0.6) is 0 Å². The lowest BCUT2D eigenvalue weighted by molar-refractivity contribution is 0.198. The van der Waals surface area contributed by atoms with E-state index >= 15 is 0 Å². The number of benzene rings is 1. The van der Waals surface area contributed by atoms with Crippen molar-refractivity contribution in [2.75, 3.05) is 13.1 Å². The average molecular weight is 281 g/mol. The Morgan fingerprint density at radius 2 is 2.10 bits per heavy atom. The van der Waals surface area contributed by atoms with Crippen LogP contribution in [0.2, 0.25) is 0 Å². The van der Waals surface area contributed by atoms with Crippen molar-refractivity contribution < 1.29 is 0 Å². The maximum absolute atomic E-state index is 2.71. The van der Waals surface area contributed by atoms with Gasteiger partial charge in [0.2, 0.25) is 0 Å². The van der Waals surface area contributed by atoms with Crippen molar-refractivity contribution in [3.05, 3.63) is 47.0 Å². The van der Waals surface area contributed by atoms with Crippen LogP contribution in [0.25, 0.3) is 0 Å². The molecule has 3 atom stereocenters. The summed E-state index contributed by atoms with van der Waals surface area (Å²) >= 11 is 0. The van der Waals surface area contributed by atoms with Crippen molar-refractivity contribution in [3.8, 4) is 0 Å². The summed E-state index contributed by atoms with van der Waals surface area (Å²) < 4.78 is 0. The molecule has 0 saturated heterocycles. The van der Waals surface area contributed by atoms with E-state index < -0.39 is 0 Å². The van der Waals surface area contributed by atoms with Gasteiger partial charge in [0.1, 0.15) is 0 Å². The molecule has 3 aliphatic rings. The van der Waals surface area contributed by atoms with Gasteiger partial charge in [-0.15, -0.1) is 0 Å². The van der Waals surface area contributed by atoms with Gasteiger partial charge in [-0.1, -0.05) is 44.2 Å². The van der Waals surface area contributed by atoms with Crippen LogP contribution in [-0.4, -0.2) is 18.0 Å². The van der Waals surface area contributed by atoms with Crippen molar-refractivity contribution in [1.82, 2.24) is 4.90 Å². The third kappa shape index (κ3) is 2.46. The van der Waals surface area contributed by atoms with Crippen molar-refractivity contribution in [2.45, 2.75) is 45.6 Å². The first-order valence-corrected chi connectivity index (χ1v) is 8.72. The highest BCUT2D eigenvalue weighted by molar-refractivity contribution is 5.38. The van der Waals surface area contributed by atoms with Gasteiger partial charge in [0, 0.05) is 19.6 Å². The molecule has 2 bridgehead atoms. The Labute approximate surface area is 129 Å². The highest BCUT2D eigenvalue weighted by Gasteiger charge is 2.36. The first-order chi connectivity index (χ1) is 10.2. The highest BCUT2D eigenvalue weighted by atomic mass is 15.1. The zero-order chi connectivity index (χ0) is 14.4. The predicted molar refractivity (Wildman–Crippen MR) is 88.4 cm³/mol. The molecule has 1 aliphatic heterocycles. The largest absolute Gasteiger partial charge is 0.298 e. The van der Waals surface area contributed by atoms with Gasteiger partial charge in [-0.3, -0.25) is 4.90 Å². The third-order valence-electron chi connectivity index (χ3n) is 5.91. The number of hydrogen-bond donors (Lipinski definition) is 0. The van der Waals surface area contributed by atoms with Gasteiger partial charge in [0.15, 0.2) is 0 Å². The molecule has 1 aromatic carbocycles. The van der Waals surface area contributed by atoms with E-state index in [9.17, 15) is 0 Å². The molecule has 2 aliphatic carbocycles. The SMILES string of the molecule is CC(C)c1cccc2c1CCN(CC1CC3C=CC1C3)C2. The molecule has 1 aromatic rings. The Balaban J connectivity index is 1.47. The second kappa shape index (κ2) is 5.28. The van der Waals surface area contributed by atoms with Gasteiger partial charge < -0.3 is 0 Å². The number of rotatable bonds is 3. The highest BCUT2D eigenvalue weighted by Crippen LogP contribution is 2.44. The minimum absolute atomic E-state index is 0.655. The monoisotopic (exact) mass is 281 g/mol. The van der Waals surface area contributed by atoms with Crippen molar-refractivity contribution >= 4 is 0 Å². The Kier molecular flexibility index (Phi) is 3.41. The molecular formula is C20H27N. The summed E-state index contributed by atoms with van der Waals surface area (Å²) in [5.74, 6) is 3.38. The molecular weight excluding hydrogens is 254 g/mol. The minimum atomic E-state index is 0.655. The van der Waals surface area contributed by atoms with Crippen LogP contribution in [-0.2, 0) is 13.0 Å². The van der Waals surface area contributed by atoms with Gasteiger partial charge in [0.05, 0.1) is 0 Å². The lowest BCUT2D eigenvalue weighted by Gasteiger charge is -2.34. The van der Waals surface area contributed by atoms with Crippen LogP contribution >= 0.6 is 0 Å². The fourth-order valence-electron chi connectivity index (χ4n) is 4.83. The smallest absolute Gasteiger partial charge is 0.0236 e. The molecule has 1 heteroatoms. The zero-order valence-corrected chi connectivity index (χ0v) is 13.4. The summed E-state index contributed by atoms with van der Waals surface area (Å²) in [6, 6.07) is 6.95. The fourth-order valence-corrected chi connectivity index (χ4v) is 4.83. The van der Waals surface area contributed by atoms with E-state index in [4.69, 9.17) is 0 Å². The Morgan fingerprint density at radius 3 is 2.81 bits per heavy atom. The van der Waals surface area contributed by atoms with Crippen LogP contribution < -0.4 is 0 Å². The van der Waals surface area contributed by atoms with E-state index in [2.05, 4.69) is 49.1 Å². The van der Waals surface area contributed by atoms with E-state index in [0.29, 0.717) is 5.92 Å². The first-order valence-electron chi connectivity index (χ1n) is 8.72. The molecule has 1 fully saturated rings. The number of fused-ring (bicyclic) bond motifs is 3. The molecule has 4 rings (SSSR count). The van der Waals surface area contributed by atoms with E-state index in [0.717, 1.165) is 17.8 Å². The maximum atomic E-state index is 2.71. The second-order valence-electron chi connectivity index (χ2n) is 7.67. The maximum Gasteiger partial charge on any atom is 0.0236 e. The molecule has 0 aromatic heterocycles. The molecule has 21 heavy (non-hydrogen) atoms. The first kappa shape index (κ1) is 13.6. The number of hydrogen-bond acceptors (Lipinski definition) is 1. The number of allylic oxidation sites excluding steroid dienone is 2. The molecule has 0 amide bonds. The molecule has 0 spiro atoms. The molecule has 1 nitrogen and oxygen atoms in total. The summed E-state index contributed by atoms with van der Waals surface area (Å²) in [6.07, 6.45) is 9.08. The normalized spacial score (nSPS) is 31.1. The van der Waals surface area contributed by atoms with Crippen LogP contribution in [0.15, 0.2) is 30.4 Å². The standard InChI is InChI=1S/C20H27N/c1-14(2)19-5-3-4-17-12-21(9-8-20(17)19)13-18-11-15-6-7-16(18)10-15/h3-7,14-16,18H,8-13H2,1-2H3. The number of nitrogens with zero attached hydrogens (tertiary/aromatic N) is 1. The summed E-state index contributed by atoms with van der Waals surface area (Å²) in [6.45, 7) is 8.39. The lowest BCUT2D eigenvalue weighted by Crippen LogP contribution is -2.36. The summed E-state index contributed by atoms with van der Waals surface area (Å²) in [7, 11) is 0. The van der Waals surface area contributed by atoms with E-state index in [1.807, 2.05) is 0 Å². The van der Waals surface area contributed by atoms with Gasteiger partial charge in [-0.2, -0.15) is 0 Å². The summed E-state index contributed by atoms with van der Waals surface area (Å²) in [5.41, 5.74) is 4.82. The van der Waals surface area contributed by atoms with Crippen LogP contribution in [0.3, 0.4) is 0 Å². The Hall–Kier alpha value is -1.08. The summed E-state index contributed by atoms with van der Waals surface area (Å²) in [5, 5.41) is 0. The lowest BCUT2D eigenvalue weighted by atomic mass is 9.88. The van der Waals surface area contributed by atoms with Gasteiger partial charge >= 0.3 is 0 Å². The Bertz CT molecular complexity index is 557. The summed E-state index contributed by atoms with van der Waals surface area (Å²) in [4.78, 5) is 2.71. The van der Waals surface area contributed by atoms with E-state index in [1.165, 1.54) is 38.9 Å². The molecule has 1 heterocycles. The van der Waals surface area contributed by atoms with E-state index in [1.54, 1.807) is 16.7 Å². The predicted octanol–water partition coefficient (Wildman–Crippen LogP) is 4.38. The Morgan fingerprint density at radius 1 is 1.19 bits per heavy atom. The minimum Gasteiger partial charge on any atom is -0.298 e. The quantitative estimate of drug-likeness (QED) is 0.743. The van der Waals surface area contributed by atoms with Crippen LogP contribution in [0, 0.1) is 17.8 Å². The topological polar surface area (TPSA) is 3.24 Å². The second-order valence-corrected chi connectivity index (χ2v) is 7.67. The zero-order valence-electron chi connectivity index (χ0n) is 13.4. The molecule has 3 unspecified atom stereocenters. The van der Waals surface area contributed by atoms with Crippen LogP contribution in [0.4, 0.5) is 0 Å². The fraction of sp³-hybridized carbons (Fsp3) is 0.600. The molecule has 1 saturated carbocycles. The third-order valence-corrected chi connectivity index (χ3v) is 5.91. The van der Waals surface area contributed by atoms with E-state index in [-0.39, 0.29) is 0 Å².